The number of hydrazine groups is 1. The van der Waals surface area contributed by atoms with Crippen LogP contribution in [0.15, 0.2) is 69.5 Å². The highest BCUT2D eigenvalue weighted by Gasteiger charge is 2.51. The van der Waals surface area contributed by atoms with E-state index in [-0.39, 0.29) is 22.5 Å². The van der Waals surface area contributed by atoms with Crippen molar-refractivity contribution in [2.45, 2.75) is 25.4 Å². The lowest BCUT2D eigenvalue weighted by molar-refractivity contribution is -0.114. The highest BCUT2D eigenvalue weighted by Crippen LogP contribution is 2.45. The lowest BCUT2D eigenvalue weighted by Gasteiger charge is -2.32. The highest BCUT2D eigenvalue weighted by molar-refractivity contribution is 6.31. The molecule has 3 atom stereocenters. The van der Waals surface area contributed by atoms with Crippen molar-refractivity contribution in [3.05, 3.63) is 85.7 Å². The molecular formula is C23H22Cl2N6O3. The molecule has 0 radical (unpaired) electrons. The number of pyridine rings is 1. The number of fused-ring (bicyclic) bond motifs is 1. The molecular weight excluding hydrogens is 479 g/mol. The quantitative estimate of drug-likeness (QED) is 0.670. The predicted octanol–water partition coefficient (Wildman–Crippen LogP) is 2.69. The van der Waals surface area contributed by atoms with E-state index >= 15 is 0 Å². The zero-order valence-corrected chi connectivity index (χ0v) is 20.1. The molecule has 0 spiro atoms. The zero-order chi connectivity index (χ0) is 24.1. The van der Waals surface area contributed by atoms with E-state index in [1.165, 1.54) is 10.6 Å². The average Bonchev–Trinajstić information content (AvgIpc) is 3.32. The van der Waals surface area contributed by atoms with Gasteiger partial charge in [0.2, 0.25) is 6.35 Å². The van der Waals surface area contributed by atoms with Crippen LogP contribution in [0.2, 0.25) is 10.0 Å². The Kier molecular flexibility index (Phi) is 5.73. The summed E-state index contributed by atoms with van der Waals surface area (Å²) >= 11 is 12.3. The Morgan fingerprint density at radius 1 is 1.15 bits per heavy atom. The summed E-state index contributed by atoms with van der Waals surface area (Å²) in [5, 5.41) is 5.53. The number of amides is 1. The second-order valence-corrected chi connectivity index (χ2v) is 9.02. The van der Waals surface area contributed by atoms with E-state index in [0.717, 1.165) is 17.0 Å². The molecule has 3 unspecified atom stereocenters. The van der Waals surface area contributed by atoms with Crippen LogP contribution in [-0.4, -0.2) is 41.2 Å². The van der Waals surface area contributed by atoms with Gasteiger partial charge < -0.3 is 14.6 Å². The second-order valence-electron chi connectivity index (χ2n) is 8.18. The molecule has 176 valence electrons. The Bertz CT molecular complexity index is 1290. The molecule has 9 nitrogen and oxygen atoms in total. The molecule has 0 aliphatic carbocycles. The molecule has 3 aliphatic rings. The van der Waals surface area contributed by atoms with Crippen LogP contribution in [0.5, 0.6) is 0 Å². The number of halogens is 2. The lowest BCUT2D eigenvalue weighted by Crippen LogP contribution is -2.44. The lowest BCUT2D eigenvalue weighted by atomic mass is 9.98. The first kappa shape index (κ1) is 22.7. The molecule has 2 aromatic rings. The number of nitrogens with zero attached hydrogens (tertiary/aromatic N) is 4. The first-order valence-corrected chi connectivity index (χ1v) is 11.3. The van der Waals surface area contributed by atoms with Crippen LogP contribution < -0.4 is 21.2 Å². The molecule has 1 aromatic carbocycles. The van der Waals surface area contributed by atoms with Gasteiger partial charge in [-0.3, -0.25) is 19.5 Å². The maximum Gasteiger partial charge on any atom is 0.269 e. The number of methoxy groups -OCH3 is 1. The minimum Gasteiger partial charge on any atom is -0.346 e. The topological polar surface area (TPSA) is 91.2 Å². The molecule has 1 amide bonds. The molecule has 1 saturated heterocycles. The van der Waals surface area contributed by atoms with E-state index in [2.05, 4.69) is 15.7 Å². The van der Waals surface area contributed by atoms with Crippen molar-refractivity contribution in [3.63, 3.8) is 0 Å². The van der Waals surface area contributed by atoms with Crippen LogP contribution in [-0.2, 0) is 16.6 Å². The summed E-state index contributed by atoms with van der Waals surface area (Å²) in [5.41, 5.74) is 6.66. The summed E-state index contributed by atoms with van der Waals surface area (Å²) in [4.78, 5) is 32.0. The Hall–Kier alpha value is -3.11. The molecule has 0 saturated carbocycles. The van der Waals surface area contributed by atoms with Gasteiger partial charge in [-0.1, -0.05) is 35.3 Å². The van der Waals surface area contributed by atoms with Gasteiger partial charge >= 0.3 is 0 Å². The molecule has 5 rings (SSSR count). The van der Waals surface area contributed by atoms with Crippen LogP contribution >= 0.6 is 23.2 Å². The van der Waals surface area contributed by atoms with Crippen molar-refractivity contribution in [2.75, 3.05) is 12.0 Å². The molecule has 1 fully saturated rings. The number of rotatable bonds is 4. The van der Waals surface area contributed by atoms with Gasteiger partial charge in [-0.15, -0.1) is 0 Å². The monoisotopic (exact) mass is 500 g/mol. The predicted molar refractivity (Wildman–Crippen MR) is 130 cm³/mol. The third-order valence-electron chi connectivity index (χ3n) is 6.16. The molecule has 1 aromatic heterocycles. The van der Waals surface area contributed by atoms with Gasteiger partial charge in [0, 0.05) is 37.3 Å². The van der Waals surface area contributed by atoms with Crippen molar-refractivity contribution in [1.82, 2.24) is 20.3 Å². The number of aliphatic imine (C=N–C) groups is 1. The first-order valence-electron chi connectivity index (χ1n) is 10.5. The van der Waals surface area contributed by atoms with Crippen LogP contribution in [0.1, 0.15) is 18.5 Å². The van der Waals surface area contributed by atoms with Gasteiger partial charge in [-0.2, -0.15) is 0 Å². The second kappa shape index (κ2) is 8.59. The van der Waals surface area contributed by atoms with Gasteiger partial charge in [0.05, 0.1) is 35.3 Å². The van der Waals surface area contributed by atoms with Gasteiger partial charge in [0.15, 0.2) is 0 Å². The highest BCUT2D eigenvalue weighted by atomic mass is 35.5. The summed E-state index contributed by atoms with van der Waals surface area (Å²) in [6.07, 6.45) is 4.64. The summed E-state index contributed by atoms with van der Waals surface area (Å²) in [7, 11) is 3.17. The Labute approximate surface area is 205 Å². The number of benzene rings is 1. The standard InChI is InChI=1S/C23H22Cl2N6O3/c1-12-18-19(28-31(12)16-9-26-23(34-3)27-10-16)20(13-4-6-14(24)7-5-13)30(22(18)33)15-8-17(25)21(32)29(2)11-15/h4-11,19-20,23,26,28H,1-3H3. The van der Waals surface area contributed by atoms with E-state index < -0.39 is 12.4 Å². The van der Waals surface area contributed by atoms with Crippen molar-refractivity contribution in [3.8, 4) is 0 Å². The summed E-state index contributed by atoms with van der Waals surface area (Å²) in [5.74, 6) is -0.178. The molecule has 2 N–H and O–H groups in total. The van der Waals surface area contributed by atoms with Crippen LogP contribution in [0, 0.1) is 0 Å². The number of carbonyl (C=O) groups is 1. The molecule has 0 bridgehead atoms. The van der Waals surface area contributed by atoms with Crippen molar-refractivity contribution in [1.29, 1.82) is 0 Å². The number of ether oxygens (including phenoxy) is 1. The zero-order valence-electron chi connectivity index (χ0n) is 18.6. The third-order valence-corrected chi connectivity index (χ3v) is 6.68. The summed E-state index contributed by atoms with van der Waals surface area (Å²) in [6, 6.07) is 8.13. The number of aryl methyl sites for hydroxylation is 1. The average molecular weight is 501 g/mol. The molecule has 4 heterocycles. The normalized spacial score (nSPS) is 24.0. The Morgan fingerprint density at radius 3 is 2.50 bits per heavy atom. The summed E-state index contributed by atoms with van der Waals surface area (Å²) in [6.45, 7) is 1.88. The van der Waals surface area contributed by atoms with E-state index in [0.29, 0.717) is 16.3 Å². The Morgan fingerprint density at radius 2 is 1.88 bits per heavy atom. The van der Waals surface area contributed by atoms with E-state index in [9.17, 15) is 9.59 Å². The number of hydrogen-bond acceptors (Lipinski definition) is 7. The van der Waals surface area contributed by atoms with Gasteiger partial charge in [-0.25, -0.2) is 10.4 Å². The number of anilines is 1. The minimum atomic E-state index is -0.452. The largest absolute Gasteiger partial charge is 0.346 e. The smallest absolute Gasteiger partial charge is 0.269 e. The molecule has 11 heteroatoms. The van der Waals surface area contributed by atoms with Gasteiger partial charge in [0.1, 0.15) is 5.02 Å². The maximum atomic E-state index is 13.8. The number of hydrogen-bond donors (Lipinski definition) is 2. The number of allylic oxidation sites excluding steroid dienone is 2. The van der Waals surface area contributed by atoms with E-state index in [4.69, 9.17) is 27.9 Å². The SMILES string of the molecule is COC1N=CC(N2NC3C(=C2C)C(=O)N(c2cc(Cl)c(=O)n(C)c2)C3c2ccc(Cl)cc2)=CN1. The van der Waals surface area contributed by atoms with Crippen molar-refractivity contribution < 1.29 is 9.53 Å². The fourth-order valence-electron chi connectivity index (χ4n) is 4.53. The molecule has 3 aliphatic heterocycles. The van der Waals surface area contributed by atoms with Crippen molar-refractivity contribution in [2.24, 2.45) is 12.0 Å². The van der Waals surface area contributed by atoms with Crippen molar-refractivity contribution >= 4 is 41.0 Å². The van der Waals surface area contributed by atoms with E-state index in [1.54, 1.807) is 49.8 Å². The van der Waals surface area contributed by atoms with Crippen LogP contribution in [0.25, 0.3) is 0 Å². The van der Waals surface area contributed by atoms with Crippen LogP contribution in [0.3, 0.4) is 0 Å². The number of nitrogens with one attached hydrogen (secondary N) is 2. The van der Waals surface area contributed by atoms with Gasteiger partial charge in [0.25, 0.3) is 11.5 Å². The number of carbonyl (C=O) groups excluding carboxylic acids is 1. The van der Waals surface area contributed by atoms with Gasteiger partial charge in [-0.05, 0) is 30.7 Å². The molecule has 34 heavy (non-hydrogen) atoms. The third kappa shape index (κ3) is 3.61. The Balaban J connectivity index is 1.60. The fourth-order valence-corrected chi connectivity index (χ4v) is 4.90. The first-order chi connectivity index (χ1) is 16.3. The number of aromatic nitrogens is 1. The van der Waals surface area contributed by atoms with E-state index in [1.807, 2.05) is 24.1 Å². The summed E-state index contributed by atoms with van der Waals surface area (Å²) < 4.78 is 6.56. The maximum absolute atomic E-state index is 13.8. The van der Waals surface area contributed by atoms with Crippen LogP contribution in [0.4, 0.5) is 5.69 Å². The fraction of sp³-hybridized carbons (Fsp3) is 0.261. The minimum absolute atomic E-state index is 0.0438.